The van der Waals surface area contributed by atoms with E-state index in [0.717, 1.165) is 10.0 Å². The molecule has 0 atom stereocenters. The molecule has 0 saturated heterocycles. The molecule has 0 bridgehead atoms. The van der Waals surface area contributed by atoms with Crippen LogP contribution < -0.4 is 0 Å². The van der Waals surface area contributed by atoms with E-state index in [1.54, 1.807) is 12.0 Å². The number of carbonyl (C=O) groups is 1. The summed E-state index contributed by atoms with van der Waals surface area (Å²) in [5, 5.41) is 0. The summed E-state index contributed by atoms with van der Waals surface area (Å²) in [6.45, 7) is 7.05. The number of carbonyl (C=O) groups excluding carboxylic acids is 1. The van der Waals surface area contributed by atoms with Gasteiger partial charge in [0.15, 0.2) is 0 Å². The van der Waals surface area contributed by atoms with Crippen molar-refractivity contribution in [1.82, 2.24) is 4.90 Å². The van der Waals surface area contributed by atoms with Gasteiger partial charge in [-0.15, -0.1) is 0 Å². The molecular formula is C15H22BrNO3. The summed E-state index contributed by atoms with van der Waals surface area (Å²) in [5.74, 6) is 0. The molecule has 0 unspecified atom stereocenters. The lowest BCUT2D eigenvalue weighted by Crippen LogP contribution is -2.38. The highest BCUT2D eigenvalue weighted by Gasteiger charge is 2.22. The van der Waals surface area contributed by atoms with Crippen LogP contribution >= 0.6 is 15.9 Å². The van der Waals surface area contributed by atoms with Crippen molar-refractivity contribution in [3.63, 3.8) is 0 Å². The Morgan fingerprint density at radius 2 is 2.05 bits per heavy atom. The summed E-state index contributed by atoms with van der Waals surface area (Å²) >= 11 is 3.43. The van der Waals surface area contributed by atoms with Gasteiger partial charge in [0, 0.05) is 24.7 Å². The Balaban J connectivity index is 2.75. The normalized spacial score (nSPS) is 11.2. The number of rotatable bonds is 5. The molecule has 112 valence electrons. The second kappa shape index (κ2) is 7.64. The Morgan fingerprint density at radius 3 is 2.60 bits per heavy atom. The standard InChI is InChI=1S/C15H22BrNO3/c1-15(2,3)20-14(18)17(8-9-19-4)11-12-6-5-7-13(16)10-12/h5-7,10H,8-9,11H2,1-4H3. The third kappa shape index (κ3) is 6.39. The van der Waals surface area contributed by atoms with E-state index in [1.807, 2.05) is 45.0 Å². The fourth-order valence-electron chi connectivity index (χ4n) is 1.62. The van der Waals surface area contributed by atoms with Gasteiger partial charge >= 0.3 is 6.09 Å². The number of benzene rings is 1. The van der Waals surface area contributed by atoms with Gasteiger partial charge in [-0.2, -0.15) is 0 Å². The number of ether oxygens (including phenoxy) is 2. The van der Waals surface area contributed by atoms with Crippen LogP contribution in [0, 0.1) is 0 Å². The molecule has 0 fully saturated rings. The van der Waals surface area contributed by atoms with E-state index in [0.29, 0.717) is 19.7 Å². The predicted molar refractivity (Wildman–Crippen MR) is 82.7 cm³/mol. The molecule has 1 rings (SSSR count). The topological polar surface area (TPSA) is 38.8 Å². The molecule has 0 aliphatic heterocycles. The van der Waals surface area contributed by atoms with Gasteiger partial charge in [-0.25, -0.2) is 4.79 Å². The maximum atomic E-state index is 12.2. The molecule has 4 nitrogen and oxygen atoms in total. The summed E-state index contributed by atoms with van der Waals surface area (Å²) in [7, 11) is 1.62. The van der Waals surface area contributed by atoms with Crippen LogP contribution in [-0.4, -0.2) is 36.9 Å². The van der Waals surface area contributed by atoms with Crippen LogP contribution in [0.1, 0.15) is 26.3 Å². The minimum absolute atomic E-state index is 0.325. The van der Waals surface area contributed by atoms with E-state index in [2.05, 4.69) is 15.9 Å². The quantitative estimate of drug-likeness (QED) is 0.815. The van der Waals surface area contributed by atoms with Crippen LogP contribution in [0.25, 0.3) is 0 Å². The molecule has 5 heteroatoms. The van der Waals surface area contributed by atoms with Gasteiger partial charge in [0.1, 0.15) is 5.60 Å². The molecule has 20 heavy (non-hydrogen) atoms. The first kappa shape index (κ1) is 17.0. The molecule has 0 heterocycles. The Morgan fingerprint density at radius 1 is 1.35 bits per heavy atom. The van der Waals surface area contributed by atoms with E-state index in [-0.39, 0.29) is 6.09 Å². The zero-order chi connectivity index (χ0) is 15.2. The van der Waals surface area contributed by atoms with Crippen molar-refractivity contribution in [2.45, 2.75) is 32.9 Å². The Kier molecular flexibility index (Phi) is 6.49. The van der Waals surface area contributed by atoms with Crippen molar-refractivity contribution in [2.24, 2.45) is 0 Å². The Labute approximate surface area is 129 Å². The van der Waals surface area contributed by atoms with Gasteiger partial charge in [-0.1, -0.05) is 28.1 Å². The van der Waals surface area contributed by atoms with Crippen molar-refractivity contribution in [3.8, 4) is 0 Å². The molecule has 0 saturated carbocycles. The first-order chi connectivity index (χ1) is 9.31. The van der Waals surface area contributed by atoms with Crippen molar-refractivity contribution >= 4 is 22.0 Å². The van der Waals surface area contributed by atoms with Crippen LogP contribution in [0.2, 0.25) is 0 Å². The summed E-state index contributed by atoms with van der Waals surface area (Å²) in [5.41, 5.74) is 0.543. The summed E-state index contributed by atoms with van der Waals surface area (Å²) in [6, 6.07) is 7.87. The zero-order valence-electron chi connectivity index (χ0n) is 12.5. The van der Waals surface area contributed by atoms with Crippen molar-refractivity contribution in [1.29, 1.82) is 0 Å². The van der Waals surface area contributed by atoms with Gasteiger partial charge in [-0.05, 0) is 38.5 Å². The Bertz CT molecular complexity index is 443. The second-order valence-electron chi connectivity index (χ2n) is 5.52. The molecule has 0 aliphatic carbocycles. The average molecular weight is 344 g/mol. The highest BCUT2D eigenvalue weighted by Crippen LogP contribution is 2.16. The molecule has 0 aromatic heterocycles. The SMILES string of the molecule is COCCN(Cc1cccc(Br)c1)C(=O)OC(C)(C)C. The van der Waals surface area contributed by atoms with Crippen molar-refractivity contribution < 1.29 is 14.3 Å². The highest BCUT2D eigenvalue weighted by atomic mass is 79.9. The first-order valence-electron chi connectivity index (χ1n) is 6.53. The molecule has 0 spiro atoms. The second-order valence-corrected chi connectivity index (χ2v) is 6.44. The fourth-order valence-corrected chi connectivity index (χ4v) is 2.07. The highest BCUT2D eigenvalue weighted by molar-refractivity contribution is 9.10. The maximum absolute atomic E-state index is 12.2. The maximum Gasteiger partial charge on any atom is 0.410 e. The van der Waals surface area contributed by atoms with Crippen LogP contribution in [0.5, 0.6) is 0 Å². The predicted octanol–water partition coefficient (Wildman–Crippen LogP) is 3.83. The lowest BCUT2D eigenvalue weighted by molar-refractivity contribution is 0.0184. The molecule has 1 aromatic rings. The molecule has 1 aromatic carbocycles. The monoisotopic (exact) mass is 343 g/mol. The van der Waals surface area contributed by atoms with Gasteiger partial charge in [-0.3, -0.25) is 0 Å². The fraction of sp³-hybridized carbons (Fsp3) is 0.533. The molecular weight excluding hydrogens is 322 g/mol. The number of methoxy groups -OCH3 is 1. The molecule has 0 N–H and O–H groups in total. The number of hydrogen-bond donors (Lipinski definition) is 0. The van der Waals surface area contributed by atoms with Gasteiger partial charge in [0.2, 0.25) is 0 Å². The van der Waals surface area contributed by atoms with Crippen LogP contribution in [-0.2, 0) is 16.0 Å². The van der Waals surface area contributed by atoms with Crippen LogP contribution in [0.15, 0.2) is 28.7 Å². The smallest absolute Gasteiger partial charge is 0.410 e. The summed E-state index contributed by atoms with van der Waals surface area (Å²) in [6.07, 6.45) is -0.325. The van der Waals surface area contributed by atoms with E-state index in [9.17, 15) is 4.79 Å². The summed E-state index contributed by atoms with van der Waals surface area (Å²) < 4.78 is 11.5. The first-order valence-corrected chi connectivity index (χ1v) is 7.32. The lowest BCUT2D eigenvalue weighted by Gasteiger charge is -2.27. The van der Waals surface area contributed by atoms with E-state index in [4.69, 9.17) is 9.47 Å². The largest absolute Gasteiger partial charge is 0.444 e. The minimum atomic E-state index is -0.500. The number of amides is 1. The number of halogens is 1. The lowest BCUT2D eigenvalue weighted by atomic mass is 10.2. The van der Waals surface area contributed by atoms with Gasteiger partial charge in [0.05, 0.1) is 6.61 Å². The van der Waals surface area contributed by atoms with Gasteiger partial charge < -0.3 is 14.4 Å². The van der Waals surface area contributed by atoms with E-state index < -0.39 is 5.60 Å². The third-order valence-corrected chi connectivity index (χ3v) is 2.97. The third-order valence-electron chi connectivity index (χ3n) is 2.48. The average Bonchev–Trinajstić information content (AvgIpc) is 2.32. The van der Waals surface area contributed by atoms with Crippen LogP contribution in [0.4, 0.5) is 4.79 Å². The minimum Gasteiger partial charge on any atom is -0.444 e. The van der Waals surface area contributed by atoms with Crippen molar-refractivity contribution in [3.05, 3.63) is 34.3 Å². The van der Waals surface area contributed by atoms with E-state index in [1.165, 1.54) is 0 Å². The van der Waals surface area contributed by atoms with Crippen LogP contribution in [0.3, 0.4) is 0 Å². The molecule has 0 aliphatic rings. The van der Waals surface area contributed by atoms with Crippen molar-refractivity contribution in [2.75, 3.05) is 20.3 Å². The Hall–Kier alpha value is -1.07. The van der Waals surface area contributed by atoms with Gasteiger partial charge in [0.25, 0.3) is 0 Å². The zero-order valence-corrected chi connectivity index (χ0v) is 14.1. The molecule has 1 amide bonds. The number of hydrogen-bond acceptors (Lipinski definition) is 3. The number of nitrogens with zero attached hydrogens (tertiary/aromatic N) is 1. The summed E-state index contributed by atoms with van der Waals surface area (Å²) in [4.78, 5) is 13.8. The van der Waals surface area contributed by atoms with E-state index >= 15 is 0 Å². The molecule has 0 radical (unpaired) electrons.